The van der Waals surface area contributed by atoms with Gasteiger partial charge < -0.3 is 10.1 Å². The maximum atomic E-state index is 12.0. The van der Waals surface area contributed by atoms with Crippen molar-refractivity contribution in [3.8, 4) is 5.75 Å². The van der Waals surface area contributed by atoms with E-state index in [9.17, 15) is 9.59 Å². The molecule has 0 spiro atoms. The van der Waals surface area contributed by atoms with Crippen LogP contribution in [0.3, 0.4) is 0 Å². The Morgan fingerprint density at radius 2 is 2.15 bits per heavy atom. The lowest BCUT2D eigenvalue weighted by molar-refractivity contribution is -0.128. The van der Waals surface area contributed by atoms with Gasteiger partial charge in [0, 0.05) is 4.47 Å². The number of benzene rings is 1. The average molecular weight is 341 g/mol. The van der Waals surface area contributed by atoms with Gasteiger partial charge in [0.1, 0.15) is 18.4 Å². The fourth-order valence-electron chi connectivity index (χ4n) is 2.02. The summed E-state index contributed by atoms with van der Waals surface area (Å²) in [6.07, 6.45) is 0. The largest absolute Gasteiger partial charge is 0.492 e. The monoisotopic (exact) mass is 340 g/mol. The number of amides is 3. The van der Waals surface area contributed by atoms with Crippen LogP contribution in [0.5, 0.6) is 5.75 Å². The number of hydrogen-bond donors (Lipinski definition) is 1. The molecule has 20 heavy (non-hydrogen) atoms. The Labute approximate surface area is 126 Å². The number of urea groups is 1. The van der Waals surface area contributed by atoms with Gasteiger partial charge in [0.25, 0.3) is 5.91 Å². The molecule has 1 aliphatic heterocycles. The Bertz CT molecular complexity index is 519. The number of nitrogens with one attached hydrogen (secondary N) is 1. The number of carbonyl (C=O) groups excluding carboxylic acids is 2. The van der Waals surface area contributed by atoms with E-state index in [-0.39, 0.29) is 31.0 Å². The summed E-state index contributed by atoms with van der Waals surface area (Å²) >= 11 is 3.35. The van der Waals surface area contributed by atoms with Gasteiger partial charge in [-0.1, -0.05) is 35.8 Å². The van der Waals surface area contributed by atoms with E-state index < -0.39 is 6.04 Å². The molecule has 0 bridgehead atoms. The van der Waals surface area contributed by atoms with Gasteiger partial charge >= 0.3 is 6.03 Å². The summed E-state index contributed by atoms with van der Waals surface area (Å²) in [5.41, 5.74) is 0. The second-order valence-electron chi connectivity index (χ2n) is 4.97. The van der Waals surface area contributed by atoms with E-state index in [2.05, 4.69) is 21.2 Å². The van der Waals surface area contributed by atoms with Crippen molar-refractivity contribution in [2.24, 2.45) is 5.92 Å². The number of hydrogen-bond acceptors (Lipinski definition) is 3. The van der Waals surface area contributed by atoms with Crippen LogP contribution in [0, 0.1) is 5.92 Å². The number of rotatable bonds is 5. The summed E-state index contributed by atoms with van der Waals surface area (Å²) in [6, 6.07) is 6.66. The van der Waals surface area contributed by atoms with Crippen molar-refractivity contribution in [3.05, 3.63) is 28.7 Å². The van der Waals surface area contributed by atoms with Gasteiger partial charge in [-0.25, -0.2) is 4.79 Å². The summed E-state index contributed by atoms with van der Waals surface area (Å²) in [4.78, 5) is 25.0. The van der Waals surface area contributed by atoms with E-state index in [1.165, 1.54) is 4.90 Å². The highest BCUT2D eigenvalue weighted by molar-refractivity contribution is 9.10. The third-order valence-corrected chi connectivity index (χ3v) is 3.60. The second-order valence-corrected chi connectivity index (χ2v) is 5.88. The Morgan fingerprint density at radius 1 is 1.40 bits per heavy atom. The first kappa shape index (κ1) is 14.8. The molecule has 2 rings (SSSR count). The van der Waals surface area contributed by atoms with E-state index in [4.69, 9.17) is 4.74 Å². The van der Waals surface area contributed by atoms with E-state index in [1.54, 1.807) is 0 Å². The highest BCUT2D eigenvalue weighted by atomic mass is 79.9. The Kier molecular flexibility index (Phi) is 4.65. The van der Waals surface area contributed by atoms with Gasteiger partial charge in [-0.3, -0.25) is 9.69 Å². The zero-order valence-electron chi connectivity index (χ0n) is 11.4. The topological polar surface area (TPSA) is 58.6 Å². The van der Waals surface area contributed by atoms with Crippen molar-refractivity contribution >= 4 is 27.9 Å². The fourth-order valence-corrected chi connectivity index (χ4v) is 2.39. The first-order chi connectivity index (χ1) is 9.49. The molecule has 5 nitrogen and oxygen atoms in total. The van der Waals surface area contributed by atoms with Crippen LogP contribution in [0.1, 0.15) is 13.8 Å². The molecule has 1 aromatic carbocycles. The average Bonchev–Trinajstić information content (AvgIpc) is 2.67. The number of carbonyl (C=O) groups is 2. The lowest BCUT2D eigenvalue weighted by Gasteiger charge is -2.15. The molecule has 0 saturated carbocycles. The molecule has 0 aromatic heterocycles. The molecule has 3 amide bonds. The van der Waals surface area contributed by atoms with Crippen molar-refractivity contribution in [2.45, 2.75) is 19.9 Å². The zero-order valence-corrected chi connectivity index (χ0v) is 13.0. The smallest absolute Gasteiger partial charge is 0.324 e. The quantitative estimate of drug-likeness (QED) is 0.837. The number of imide groups is 1. The third kappa shape index (κ3) is 3.30. The number of ether oxygens (including phenoxy) is 1. The summed E-state index contributed by atoms with van der Waals surface area (Å²) in [6.45, 7) is 4.34. The minimum Gasteiger partial charge on any atom is -0.492 e. The highest BCUT2D eigenvalue weighted by Crippen LogP contribution is 2.18. The standard InChI is InChI=1S/C14H17BrN2O3/c1-9(2)12-13(18)17(14(19)16-12)6-7-20-11-5-3-4-10(15)8-11/h3-5,8-9,12H,6-7H2,1-2H3,(H,16,19)/t12-/m0/s1. The summed E-state index contributed by atoms with van der Waals surface area (Å²) in [7, 11) is 0. The molecule has 0 unspecified atom stereocenters. The Hall–Kier alpha value is -1.56. The van der Waals surface area contributed by atoms with Crippen LogP contribution >= 0.6 is 15.9 Å². The van der Waals surface area contributed by atoms with Crippen LogP contribution < -0.4 is 10.1 Å². The first-order valence-electron chi connectivity index (χ1n) is 6.49. The minimum atomic E-state index is -0.423. The van der Waals surface area contributed by atoms with E-state index in [0.29, 0.717) is 5.75 Å². The molecule has 1 atom stereocenters. The van der Waals surface area contributed by atoms with Crippen LogP contribution in [0.15, 0.2) is 28.7 Å². The molecular weight excluding hydrogens is 324 g/mol. The number of nitrogens with zero attached hydrogens (tertiary/aromatic N) is 1. The van der Waals surface area contributed by atoms with Crippen molar-refractivity contribution in [3.63, 3.8) is 0 Å². The van der Waals surface area contributed by atoms with Crippen molar-refractivity contribution in [2.75, 3.05) is 13.2 Å². The molecule has 1 N–H and O–H groups in total. The summed E-state index contributed by atoms with van der Waals surface area (Å²) in [5.74, 6) is 0.608. The van der Waals surface area contributed by atoms with Crippen LogP contribution in [-0.2, 0) is 4.79 Å². The van der Waals surface area contributed by atoms with Gasteiger partial charge in [-0.2, -0.15) is 0 Å². The van der Waals surface area contributed by atoms with Crippen LogP contribution in [0.25, 0.3) is 0 Å². The van der Waals surface area contributed by atoms with Crippen molar-refractivity contribution in [1.29, 1.82) is 0 Å². The molecule has 108 valence electrons. The predicted molar refractivity (Wildman–Crippen MR) is 78.5 cm³/mol. The molecule has 1 aromatic rings. The Morgan fingerprint density at radius 3 is 2.75 bits per heavy atom. The van der Waals surface area contributed by atoms with Gasteiger partial charge in [0.05, 0.1) is 6.54 Å². The second kappa shape index (κ2) is 6.26. The molecule has 1 fully saturated rings. The SMILES string of the molecule is CC(C)[C@@H]1NC(=O)N(CCOc2cccc(Br)c2)C1=O. The molecular formula is C14H17BrN2O3. The van der Waals surface area contributed by atoms with Crippen LogP contribution in [0.2, 0.25) is 0 Å². The fraction of sp³-hybridized carbons (Fsp3) is 0.429. The van der Waals surface area contributed by atoms with E-state index in [1.807, 2.05) is 38.1 Å². The van der Waals surface area contributed by atoms with Gasteiger partial charge in [-0.05, 0) is 24.1 Å². The van der Waals surface area contributed by atoms with Gasteiger partial charge in [0.15, 0.2) is 0 Å². The molecule has 1 heterocycles. The van der Waals surface area contributed by atoms with Crippen LogP contribution in [-0.4, -0.2) is 36.0 Å². The molecule has 1 aliphatic rings. The Balaban J connectivity index is 1.88. The van der Waals surface area contributed by atoms with Gasteiger partial charge in [-0.15, -0.1) is 0 Å². The van der Waals surface area contributed by atoms with Crippen LogP contribution in [0.4, 0.5) is 4.79 Å². The lowest BCUT2D eigenvalue weighted by atomic mass is 10.1. The lowest BCUT2D eigenvalue weighted by Crippen LogP contribution is -2.36. The molecule has 0 radical (unpaired) electrons. The molecule has 6 heteroatoms. The highest BCUT2D eigenvalue weighted by Gasteiger charge is 2.39. The zero-order chi connectivity index (χ0) is 14.7. The third-order valence-electron chi connectivity index (χ3n) is 3.10. The normalized spacial score (nSPS) is 18.6. The minimum absolute atomic E-state index is 0.0856. The van der Waals surface area contributed by atoms with E-state index in [0.717, 1.165) is 4.47 Å². The maximum Gasteiger partial charge on any atom is 0.324 e. The summed E-state index contributed by atoms with van der Waals surface area (Å²) in [5, 5.41) is 2.69. The van der Waals surface area contributed by atoms with Crippen molar-refractivity contribution in [1.82, 2.24) is 10.2 Å². The molecule has 0 aliphatic carbocycles. The first-order valence-corrected chi connectivity index (χ1v) is 7.28. The predicted octanol–water partition coefficient (Wildman–Crippen LogP) is 2.40. The van der Waals surface area contributed by atoms with Gasteiger partial charge in [0.2, 0.25) is 0 Å². The van der Waals surface area contributed by atoms with Crippen molar-refractivity contribution < 1.29 is 14.3 Å². The molecule has 1 saturated heterocycles. The van der Waals surface area contributed by atoms with E-state index >= 15 is 0 Å². The maximum absolute atomic E-state index is 12.0. The summed E-state index contributed by atoms with van der Waals surface area (Å²) < 4.78 is 6.46. The number of halogens is 1.